The maximum Gasteiger partial charge on any atom is 0.191 e. The van der Waals surface area contributed by atoms with E-state index in [2.05, 4.69) is 40.6 Å². The van der Waals surface area contributed by atoms with Gasteiger partial charge in [0.15, 0.2) is 23.3 Å². The van der Waals surface area contributed by atoms with Crippen LogP contribution >= 0.6 is 24.0 Å². The predicted molar refractivity (Wildman–Crippen MR) is 108 cm³/mol. The van der Waals surface area contributed by atoms with Crippen LogP contribution in [0.2, 0.25) is 0 Å². The van der Waals surface area contributed by atoms with Crippen LogP contribution in [0.3, 0.4) is 0 Å². The van der Waals surface area contributed by atoms with E-state index in [4.69, 9.17) is 0 Å². The summed E-state index contributed by atoms with van der Waals surface area (Å²) in [5.74, 6) is 3.56. The lowest BCUT2D eigenvalue weighted by molar-refractivity contribution is 0.504. The SMILES string of the molecule is CN=C(NCc1nnc2n1CCCC2)NCc1nnc2ccccn12.I. The van der Waals surface area contributed by atoms with Crippen LogP contribution in [0, 0.1) is 0 Å². The monoisotopic (exact) mass is 467 g/mol. The van der Waals surface area contributed by atoms with E-state index in [9.17, 15) is 0 Å². The predicted octanol–water partition coefficient (Wildman–Crippen LogP) is 1.14. The van der Waals surface area contributed by atoms with Crippen molar-refractivity contribution in [3.63, 3.8) is 0 Å². The smallest absolute Gasteiger partial charge is 0.191 e. The van der Waals surface area contributed by atoms with Gasteiger partial charge >= 0.3 is 0 Å². The molecule has 3 aromatic heterocycles. The van der Waals surface area contributed by atoms with Crippen molar-refractivity contribution in [2.75, 3.05) is 7.05 Å². The Balaban J connectivity index is 0.00000196. The second-order valence-electron chi connectivity index (χ2n) is 5.97. The molecular formula is C16H22IN9. The average Bonchev–Trinajstić information content (AvgIpc) is 3.26. The minimum Gasteiger partial charge on any atom is -0.349 e. The van der Waals surface area contributed by atoms with Crippen molar-refractivity contribution in [1.29, 1.82) is 0 Å². The molecule has 138 valence electrons. The van der Waals surface area contributed by atoms with Gasteiger partial charge in [0.1, 0.15) is 5.82 Å². The Labute approximate surface area is 168 Å². The van der Waals surface area contributed by atoms with E-state index in [1.165, 1.54) is 12.8 Å². The number of aliphatic imine (C=N–C) groups is 1. The van der Waals surface area contributed by atoms with Crippen molar-refractivity contribution in [3.05, 3.63) is 41.9 Å². The molecule has 0 saturated heterocycles. The maximum atomic E-state index is 4.30. The van der Waals surface area contributed by atoms with E-state index < -0.39 is 0 Å². The number of pyridine rings is 1. The normalized spacial score (nSPS) is 14.0. The molecule has 0 unspecified atom stereocenters. The van der Waals surface area contributed by atoms with Crippen LogP contribution in [-0.4, -0.2) is 42.4 Å². The second kappa shape index (κ2) is 8.43. The van der Waals surface area contributed by atoms with Crippen molar-refractivity contribution < 1.29 is 0 Å². The highest BCUT2D eigenvalue weighted by Gasteiger charge is 2.15. The van der Waals surface area contributed by atoms with E-state index in [0.29, 0.717) is 19.0 Å². The fraction of sp³-hybridized carbons (Fsp3) is 0.438. The first-order valence-corrected chi connectivity index (χ1v) is 8.49. The van der Waals surface area contributed by atoms with Crippen molar-refractivity contribution in [2.24, 2.45) is 4.99 Å². The van der Waals surface area contributed by atoms with Crippen LogP contribution in [-0.2, 0) is 26.1 Å². The molecule has 1 aliphatic heterocycles. The second-order valence-corrected chi connectivity index (χ2v) is 5.97. The Morgan fingerprint density at radius 1 is 1.08 bits per heavy atom. The number of hydrogen-bond donors (Lipinski definition) is 2. The van der Waals surface area contributed by atoms with Crippen molar-refractivity contribution in [3.8, 4) is 0 Å². The van der Waals surface area contributed by atoms with Gasteiger partial charge in [0.05, 0.1) is 13.1 Å². The van der Waals surface area contributed by atoms with E-state index in [1.807, 2.05) is 28.8 Å². The lowest BCUT2D eigenvalue weighted by atomic mass is 10.2. The van der Waals surface area contributed by atoms with Crippen LogP contribution in [0.25, 0.3) is 5.65 Å². The number of nitrogens with one attached hydrogen (secondary N) is 2. The number of halogens is 1. The molecule has 0 spiro atoms. The summed E-state index contributed by atoms with van der Waals surface area (Å²) in [5.41, 5.74) is 0.831. The van der Waals surface area contributed by atoms with Crippen molar-refractivity contribution in [1.82, 2.24) is 40.0 Å². The zero-order valence-corrected chi connectivity index (χ0v) is 16.9. The minimum absolute atomic E-state index is 0. The Morgan fingerprint density at radius 2 is 1.88 bits per heavy atom. The first-order chi connectivity index (χ1) is 12.3. The number of nitrogens with zero attached hydrogens (tertiary/aromatic N) is 7. The largest absolute Gasteiger partial charge is 0.349 e. The van der Waals surface area contributed by atoms with Gasteiger partial charge in [0.25, 0.3) is 0 Å². The third kappa shape index (κ3) is 3.79. The van der Waals surface area contributed by atoms with Crippen LogP contribution in [0.1, 0.15) is 30.3 Å². The molecule has 0 fully saturated rings. The Morgan fingerprint density at radius 3 is 2.73 bits per heavy atom. The Bertz CT molecular complexity index is 898. The third-order valence-corrected chi connectivity index (χ3v) is 4.37. The third-order valence-electron chi connectivity index (χ3n) is 4.37. The van der Waals surface area contributed by atoms with Gasteiger partial charge in [-0.3, -0.25) is 9.39 Å². The molecule has 0 atom stereocenters. The standard InChI is InChI=1S/C16H21N9.HI/c1-17-16(18-10-14-22-20-12-6-2-4-8-24(12)14)19-11-15-23-21-13-7-3-5-9-25(13)15;/h2,4,6,8H,3,5,7,9-11H2,1H3,(H2,17,18,19);1H. The van der Waals surface area contributed by atoms with Crippen molar-refractivity contribution in [2.45, 2.75) is 38.9 Å². The van der Waals surface area contributed by atoms with Gasteiger partial charge in [-0.05, 0) is 25.0 Å². The topological polar surface area (TPSA) is 97.3 Å². The molecule has 4 rings (SSSR count). The molecule has 26 heavy (non-hydrogen) atoms. The molecule has 0 amide bonds. The molecule has 0 bridgehead atoms. The number of fused-ring (bicyclic) bond motifs is 2. The fourth-order valence-corrected chi connectivity index (χ4v) is 3.06. The first-order valence-electron chi connectivity index (χ1n) is 8.49. The molecule has 2 N–H and O–H groups in total. The summed E-state index contributed by atoms with van der Waals surface area (Å²) in [5, 5.41) is 23.5. The molecule has 0 aliphatic carbocycles. The molecule has 3 aromatic rings. The maximum absolute atomic E-state index is 4.30. The summed E-state index contributed by atoms with van der Waals surface area (Å²) in [7, 11) is 1.75. The van der Waals surface area contributed by atoms with E-state index in [1.54, 1.807) is 7.05 Å². The summed E-state index contributed by atoms with van der Waals surface area (Å²) in [6.45, 7) is 2.12. The highest BCUT2D eigenvalue weighted by atomic mass is 127. The number of aryl methyl sites for hydroxylation is 1. The first kappa shape index (κ1) is 18.5. The summed E-state index contributed by atoms with van der Waals surface area (Å²) < 4.78 is 4.16. The van der Waals surface area contributed by atoms with E-state index in [-0.39, 0.29) is 24.0 Å². The number of rotatable bonds is 4. The van der Waals surface area contributed by atoms with E-state index in [0.717, 1.165) is 36.1 Å². The lowest BCUT2D eigenvalue weighted by Crippen LogP contribution is -2.37. The molecule has 1 aliphatic rings. The number of hydrogen-bond acceptors (Lipinski definition) is 5. The van der Waals surface area contributed by atoms with Gasteiger partial charge < -0.3 is 15.2 Å². The number of aromatic nitrogens is 6. The zero-order chi connectivity index (χ0) is 17.1. The highest BCUT2D eigenvalue weighted by molar-refractivity contribution is 14.0. The van der Waals surface area contributed by atoms with E-state index >= 15 is 0 Å². The van der Waals surface area contributed by atoms with Gasteiger partial charge in [-0.15, -0.1) is 44.4 Å². The molecule has 0 radical (unpaired) electrons. The van der Waals surface area contributed by atoms with Gasteiger partial charge in [-0.25, -0.2) is 0 Å². The lowest BCUT2D eigenvalue weighted by Gasteiger charge is -2.16. The molecule has 10 heteroatoms. The van der Waals surface area contributed by atoms with Crippen LogP contribution in [0.5, 0.6) is 0 Å². The average molecular weight is 467 g/mol. The molecular weight excluding hydrogens is 445 g/mol. The van der Waals surface area contributed by atoms with Gasteiger partial charge in [0, 0.05) is 26.2 Å². The van der Waals surface area contributed by atoms with Crippen LogP contribution in [0.4, 0.5) is 0 Å². The highest BCUT2D eigenvalue weighted by Crippen LogP contribution is 2.13. The molecule has 9 nitrogen and oxygen atoms in total. The van der Waals surface area contributed by atoms with Crippen LogP contribution < -0.4 is 10.6 Å². The van der Waals surface area contributed by atoms with Gasteiger partial charge in [-0.1, -0.05) is 6.07 Å². The zero-order valence-electron chi connectivity index (χ0n) is 14.6. The number of guanidine groups is 1. The summed E-state index contributed by atoms with van der Waals surface area (Å²) >= 11 is 0. The van der Waals surface area contributed by atoms with Gasteiger partial charge in [-0.2, -0.15) is 0 Å². The Hall–Kier alpha value is -2.24. The summed E-state index contributed by atoms with van der Waals surface area (Å²) in [4.78, 5) is 4.26. The van der Waals surface area contributed by atoms with Crippen LogP contribution in [0.15, 0.2) is 29.4 Å². The Kier molecular flexibility index (Phi) is 6.01. The fourth-order valence-electron chi connectivity index (χ4n) is 3.06. The quantitative estimate of drug-likeness (QED) is 0.340. The molecule has 0 aromatic carbocycles. The van der Waals surface area contributed by atoms with Crippen molar-refractivity contribution >= 4 is 35.6 Å². The molecule has 0 saturated carbocycles. The minimum atomic E-state index is 0. The summed E-state index contributed by atoms with van der Waals surface area (Å²) in [6, 6.07) is 5.83. The molecule has 4 heterocycles. The summed E-state index contributed by atoms with van der Waals surface area (Å²) in [6.07, 6.45) is 5.34. The van der Waals surface area contributed by atoms with Gasteiger partial charge in [0.2, 0.25) is 0 Å².